The van der Waals surface area contributed by atoms with Gasteiger partial charge in [0.2, 0.25) is 5.82 Å². The number of aliphatic imine (C=N–C) groups is 1. The highest BCUT2D eigenvalue weighted by Gasteiger charge is 2.15. The lowest BCUT2D eigenvalue weighted by Gasteiger charge is -2.24. The van der Waals surface area contributed by atoms with Crippen molar-refractivity contribution in [1.82, 2.24) is 25.8 Å². The summed E-state index contributed by atoms with van der Waals surface area (Å²) in [5.74, 6) is 3.59. The number of benzene rings is 1. The van der Waals surface area contributed by atoms with Crippen molar-refractivity contribution < 1.29 is 9.15 Å². The van der Waals surface area contributed by atoms with Gasteiger partial charge in [-0.15, -0.1) is 24.0 Å². The van der Waals surface area contributed by atoms with Gasteiger partial charge in [0.15, 0.2) is 11.7 Å². The zero-order valence-electron chi connectivity index (χ0n) is 18.7. The number of aromatic nitrogens is 3. The minimum atomic E-state index is -0.256. The van der Waals surface area contributed by atoms with Gasteiger partial charge in [0.1, 0.15) is 17.2 Å². The molecule has 2 heterocycles. The fraction of sp³-hybridized carbons (Fsp3) is 0.409. The highest BCUT2D eigenvalue weighted by atomic mass is 127. The molecule has 3 aromatic rings. The number of hydrogen-bond acceptors (Lipinski definition) is 5. The Balaban J connectivity index is 0.00000341. The molecule has 0 saturated carbocycles. The number of aromatic amines is 1. The van der Waals surface area contributed by atoms with Gasteiger partial charge in [0.25, 0.3) is 0 Å². The van der Waals surface area contributed by atoms with Crippen LogP contribution in [-0.2, 0) is 13.0 Å². The Kier molecular flexibility index (Phi) is 8.90. The molecule has 0 saturated heterocycles. The molecule has 0 atom stereocenters. The van der Waals surface area contributed by atoms with Crippen molar-refractivity contribution >= 4 is 29.9 Å². The number of ether oxygens (including phenoxy) is 1. The van der Waals surface area contributed by atoms with Crippen LogP contribution in [0.3, 0.4) is 0 Å². The number of nitrogens with one attached hydrogen (secondary N) is 3. The first-order chi connectivity index (χ1) is 14.3. The number of furan rings is 1. The Morgan fingerprint density at radius 2 is 2.03 bits per heavy atom. The first-order valence-corrected chi connectivity index (χ1v) is 10.0. The Morgan fingerprint density at radius 3 is 2.71 bits per heavy atom. The molecular formula is C22H31IN6O2. The third-order valence-electron chi connectivity index (χ3n) is 4.24. The van der Waals surface area contributed by atoms with Crippen LogP contribution in [0.15, 0.2) is 46.0 Å². The van der Waals surface area contributed by atoms with Crippen LogP contribution in [0.25, 0.3) is 11.6 Å². The van der Waals surface area contributed by atoms with Gasteiger partial charge < -0.3 is 19.8 Å². The largest absolute Gasteiger partial charge is 0.488 e. The molecule has 1 aromatic carbocycles. The first-order valence-electron chi connectivity index (χ1n) is 10.0. The summed E-state index contributed by atoms with van der Waals surface area (Å²) in [6.45, 7) is 9.48. The molecule has 0 radical (unpaired) electrons. The van der Waals surface area contributed by atoms with Crippen molar-refractivity contribution in [2.45, 2.75) is 46.3 Å². The highest BCUT2D eigenvalue weighted by molar-refractivity contribution is 14.0. The van der Waals surface area contributed by atoms with E-state index in [-0.39, 0.29) is 29.6 Å². The molecule has 0 amide bonds. The predicted octanol–water partition coefficient (Wildman–Crippen LogP) is 4.08. The minimum absolute atomic E-state index is 0. The average molecular weight is 538 g/mol. The molecule has 3 rings (SSSR count). The summed E-state index contributed by atoms with van der Waals surface area (Å²) in [7, 11) is 1.75. The average Bonchev–Trinajstić information content (AvgIpc) is 3.36. The predicted molar refractivity (Wildman–Crippen MR) is 133 cm³/mol. The SMILES string of the molecule is CN=C(NCCc1nc(-c2ccco2)n[nH]1)NCc1ccc(C)cc1OC(C)(C)C.I. The molecule has 0 unspecified atom stereocenters. The van der Waals surface area contributed by atoms with Gasteiger partial charge in [0, 0.05) is 32.1 Å². The summed E-state index contributed by atoms with van der Waals surface area (Å²) in [4.78, 5) is 8.74. The maximum Gasteiger partial charge on any atom is 0.216 e. The molecule has 0 aliphatic rings. The van der Waals surface area contributed by atoms with Crippen molar-refractivity contribution in [3.8, 4) is 17.3 Å². The molecule has 0 aliphatic carbocycles. The molecule has 8 nitrogen and oxygen atoms in total. The summed E-state index contributed by atoms with van der Waals surface area (Å²) in [6.07, 6.45) is 2.28. The molecule has 0 bridgehead atoms. The first kappa shape index (κ1) is 24.7. The van der Waals surface area contributed by atoms with Crippen LogP contribution in [0.5, 0.6) is 5.75 Å². The van der Waals surface area contributed by atoms with Crippen LogP contribution < -0.4 is 15.4 Å². The number of hydrogen-bond donors (Lipinski definition) is 3. The van der Waals surface area contributed by atoms with Crippen LogP contribution in [0.1, 0.15) is 37.7 Å². The quantitative estimate of drug-likeness (QED) is 0.238. The molecule has 168 valence electrons. The van der Waals surface area contributed by atoms with E-state index in [9.17, 15) is 0 Å². The Bertz CT molecular complexity index is 976. The molecule has 2 aromatic heterocycles. The fourth-order valence-electron chi connectivity index (χ4n) is 2.85. The number of nitrogens with zero attached hydrogens (tertiary/aromatic N) is 3. The lowest BCUT2D eigenvalue weighted by Crippen LogP contribution is -2.38. The van der Waals surface area contributed by atoms with Crippen LogP contribution >= 0.6 is 24.0 Å². The topological polar surface area (TPSA) is 100 Å². The molecule has 0 aliphatic heterocycles. The van der Waals surface area contributed by atoms with E-state index in [1.54, 1.807) is 13.3 Å². The second-order valence-electron chi connectivity index (χ2n) is 8.01. The zero-order valence-corrected chi connectivity index (χ0v) is 21.0. The second kappa shape index (κ2) is 11.2. The molecular weight excluding hydrogens is 507 g/mol. The van der Waals surface area contributed by atoms with E-state index in [2.05, 4.69) is 55.9 Å². The van der Waals surface area contributed by atoms with Gasteiger partial charge in [0.05, 0.1) is 6.26 Å². The standard InChI is InChI=1S/C22H30N6O2.HI/c1-15-8-9-16(18(13-15)30-22(2,3)4)14-25-21(23-5)24-11-10-19-26-20(28-27-19)17-7-6-12-29-17;/h6-9,12-13H,10-11,14H2,1-5H3,(H2,23,24,25)(H,26,27,28);1H. The van der Waals surface area contributed by atoms with Crippen LogP contribution in [0.2, 0.25) is 0 Å². The van der Waals surface area contributed by atoms with Crippen molar-refractivity contribution in [1.29, 1.82) is 0 Å². The van der Waals surface area contributed by atoms with Crippen molar-refractivity contribution in [3.05, 3.63) is 53.5 Å². The van der Waals surface area contributed by atoms with Crippen LogP contribution in [-0.4, -0.2) is 40.3 Å². The van der Waals surface area contributed by atoms with Crippen LogP contribution in [0.4, 0.5) is 0 Å². The summed E-state index contributed by atoms with van der Waals surface area (Å²) in [5.41, 5.74) is 1.99. The van der Waals surface area contributed by atoms with Gasteiger partial charge in [-0.25, -0.2) is 4.98 Å². The lowest BCUT2D eigenvalue weighted by molar-refractivity contribution is 0.129. The van der Waals surface area contributed by atoms with Gasteiger partial charge in [-0.1, -0.05) is 12.1 Å². The number of rotatable bonds is 7. The van der Waals surface area contributed by atoms with Crippen molar-refractivity contribution in [2.75, 3.05) is 13.6 Å². The van der Waals surface area contributed by atoms with Crippen LogP contribution in [0, 0.1) is 6.92 Å². The van der Waals surface area contributed by atoms with E-state index < -0.39 is 0 Å². The minimum Gasteiger partial charge on any atom is -0.488 e. The lowest BCUT2D eigenvalue weighted by atomic mass is 10.1. The third kappa shape index (κ3) is 7.57. The van der Waals surface area contributed by atoms with E-state index in [1.807, 2.05) is 32.9 Å². The smallest absolute Gasteiger partial charge is 0.216 e. The monoisotopic (exact) mass is 538 g/mol. The molecule has 0 fully saturated rings. The van der Waals surface area contributed by atoms with Crippen molar-refractivity contribution in [3.63, 3.8) is 0 Å². The number of guanidine groups is 1. The highest BCUT2D eigenvalue weighted by Crippen LogP contribution is 2.24. The number of halogens is 1. The second-order valence-corrected chi connectivity index (χ2v) is 8.01. The van der Waals surface area contributed by atoms with Gasteiger partial charge >= 0.3 is 0 Å². The molecule has 31 heavy (non-hydrogen) atoms. The molecule has 9 heteroatoms. The Labute approximate surface area is 200 Å². The maximum atomic E-state index is 6.12. The number of aryl methyl sites for hydroxylation is 1. The molecule has 0 spiro atoms. The zero-order chi connectivity index (χ0) is 21.6. The van der Waals surface area contributed by atoms with Gasteiger partial charge in [-0.3, -0.25) is 10.1 Å². The van der Waals surface area contributed by atoms with E-state index in [0.29, 0.717) is 37.1 Å². The van der Waals surface area contributed by atoms with Gasteiger partial charge in [-0.2, -0.15) is 5.10 Å². The van der Waals surface area contributed by atoms with E-state index >= 15 is 0 Å². The molecule has 3 N–H and O–H groups in total. The third-order valence-corrected chi connectivity index (χ3v) is 4.24. The van der Waals surface area contributed by atoms with Crippen molar-refractivity contribution in [2.24, 2.45) is 4.99 Å². The Morgan fingerprint density at radius 1 is 1.23 bits per heavy atom. The summed E-state index contributed by atoms with van der Waals surface area (Å²) in [6, 6.07) is 9.89. The fourth-order valence-corrected chi connectivity index (χ4v) is 2.85. The summed E-state index contributed by atoms with van der Waals surface area (Å²) in [5, 5.41) is 13.8. The Hall–Kier alpha value is -2.56. The summed E-state index contributed by atoms with van der Waals surface area (Å²) >= 11 is 0. The normalized spacial score (nSPS) is 11.7. The summed E-state index contributed by atoms with van der Waals surface area (Å²) < 4.78 is 11.4. The number of H-pyrrole nitrogens is 1. The van der Waals surface area contributed by atoms with E-state index in [4.69, 9.17) is 9.15 Å². The maximum absolute atomic E-state index is 6.12. The van der Waals surface area contributed by atoms with Gasteiger partial charge in [-0.05, 0) is 51.5 Å². The van der Waals surface area contributed by atoms with E-state index in [1.165, 1.54) is 5.56 Å². The van der Waals surface area contributed by atoms with E-state index in [0.717, 1.165) is 17.1 Å².